The van der Waals surface area contributed by atoms with Crippen molar-refractivity contribution in [2.24, 2.45) is 5.92 Å². The van der Waals surface area contributed by atoms with Crippen LogP contribution in [0, 0.1) is 5.92 Å². The van der Waals surface area contributed by atoms with E-state index in [9.17, 15) is 4.79 Å². The minimum absolute atomic E-state index is 0.110. The highest BCUT2D eigenvalue weighted by atomic mass is 16.3. The molecule has 0 aromatic heterocycles. The molecule has 0 aliphatic rings. The van der Waals surface area contributed by atoms with Gasteiger partial charge >= 0.3 is 0 Å². The molecule has 1 aromatic carbocycles. The normalized spacial score (nSPS) is 12.5. The SMILES string of the molecule is CCCC(CCO)CNC(=O)/C=C/c1ccc(N)cc1. The third-order valence-electron chi connectivity index (χ3n) is 3.16. The molecule has 4 nitrogen and oxygen atoms in total. The van der Waals surface area contributed by atoms with E-state index in [0.29, 0.717) is 18.2 Å². The summed E-state index contributed by atoms with van der Waals surface area (Å²) in [6, 6.07) is 7.34. The van der Waals surface area contributed by atoms with Gasteiger partial charge in [-0.2, -0.15) is 0 Å². The Morgan fingerprint density at radius 2 is 2.05 bits per heavy atom. The number of aliphatic hydroxyl groups is 1. The summed E-state index contributed by atoms with van der Waals surface area (Å²) in [5.74, 6) is 0.236. The summed E-state index contributed by atoms with van der Waals surface area (Å²) < 4.78 is 0. The standard InChI is InChI=1S/C16H24N2O2/c1-2-3-14(10-11-19)12-18-16(20)9-6-13-4-7-15(17)8-5-13/h4-9,14,19H,2-3,10-12,17H2,1H3,(H,18,20)/b9-6+. The largest absolute Gasteiger partial charge is 0.399 e. The predicted molar refractivity (Wildman–Crippen MR) is 83.0 cm³/mol. The number of rotatable bonds is 8. The van der Waals surface area contributed by atoms with Gasteiger partial charge in [0.25, 0.3) is 0 Å². The first kappa shape index (κ1) is 16.2. The number of benzene rings is 1. The van der Waals surface area contributed by atoms with E-state index in [1.807, 2.05) is 12.1 Å². The molecule has 0 spiro atoms. The first-order chi connectivity index (χ1) is 9.65. The summed E-state index contributed by atoms with van der Waals surface area (Å²) in [6.07, 6.45) is 6.09. The maximum absolute atomic E-state index is 11.7. The minimum atomic E-state index is -0.110. The smallest absolute Gasteiger partial charge is 0.244 e. The van der Waals surface area contributed by atoms with Gasteiger partial charge in [-0.05, 0) is 42.5 Å². The van der Waals surface area contributed by atoms with Crippen molar-refractivity contribution in [1.29, 1.82) is 0 Å². The maximum Gasteiger partial charge on any atom is 0.244 e. The quantitative estimate of drug-likeness (QED) is 0.503. The monoisotopic (exact) mass is 276 g/mol. The molecule has 4 heteroatoms. The van der Waals surface area contributed by atoms with E-state index in [-0.39, 0.29) is 12.5 Å². The van der Waals surface area contributed by atoms with E-state index in [0.717, 1.165) is 24.8 Å². The Balaban J connectivity index is 2.40. The fourth-order valence-corrected chi connectivity index (χ4v) is 2.02. The van der Waals surface area contributed by atoms with E-state index in [1.54, 1.807) is 18.2 Å². The Morgan fingerprint density at radius 1 is 1.35 bits per heavy atom. The Bertz CT molecular complexity index is 421. The molecule has 4 N–H and O–H groups in total. The van der Waals surface area contributed by atoms with Crippen LogP contribution in [0.15, 0.2) is 30.3 Å². The lowest BCUT2D eigenvalue weighted by Gasteiger charge is -2.14. The van der Waals surface area contributed by atoms with Gasteiger partial charge in [0.1, 0.15) is 0 Å². The lowest BCUT2D eigenvalue weighted by Crippen LogP contribution is -2.28. The number of hydrogen-bond acceptors (Lipinski definition) is 3. The highest BCUT2D eigenvalue weighted by molar-refractivity contribution is 5.91. The Hall–Kier alpha value is -1.81. The van der Waals surface area contributed by atoms with Crippen LogP contribution in [0.2, 0.25) is 0 Å². The van der Waals surface area contributed by atoms with Crippen LogP contribution in [0.5, 0.6) is 0 Å². The molecule has 0 aliphatic heterocycles. The zero-order valence-electron chi connectivity index (χ0n) is 12.0. The molecule has 0 saturated heterocycles. The summed E-state index contributed by atoms with van der Waals surface area (Å²) in [5.41, 5.74) is 7.24. The molecule has 0 heterocycles. The van der Waals surface area contributed by atoms with Gasteiger partial charge in [0.15, 0.2) is 0 Å². The second-order valence-electron chi connectivity index (χ2n) is 4.91. The number of nitrogens with two attached hydrogens (primary N) is 1. The predicted octanol–water partition coefficient (Wildman–Crippen LogP) is 2.20. The third kappa shape index (κ3) is 6.38. The van der Waals surface area contributed by atoms with Crippen molar-refractivity contribution in [3.05, 3.63) is 35.9 Å². The van der Waals surface area contributed by atoms with E-state index in [1.165, 1.54) is 6.08 Å². The fourth-order valence-electron chi connectivity index (χ4n) is 2.02. The molecule has 0 saturated carbocycles. The number of carbonyl (C=O) groups is 1. The van der Waals surface area contributed by atoms with Gasteiger partial charge < -0.3 is 16.2 Å². The van der Waals surface area contributed by atoms with Crippen LogP contribution in [-0.4, -0.2) is 24.2 Å². The van der Waals surface area contributed by atoms with Crippen LogP contribution in [0.1, 0.15) is 31.7 Å². The molecule has 0 bridgehead atoms. The number of hydrogen-bond donors (Lipinski definition) is 3. The maximum atomic E-state index is 11.7. The number of aliphatic hydroxyl groups excluding tert-OH is 1. The fraction of sp³-hybridized carbons (Fsp3) is 0.438. The third-order valence-corrected chi connectivity index (χ3v) is 3.16. The Morgan fingerprint density at radius 3 is 2.65 bits per heavy atom. The number of amides is 1. The van der Waals surface area contributed by atoms with Crippen molar-refractivity contribution in [1.82, 2.24) is 5.32 Å². The Labute approximate surface area is 120 Å². The van der Waals surface area contributed by atoms with Crippen molar-refractivity contribution in [2.75, 3.05) is 18.9 Å². The molecule has 20 heavy (non-hydrogen) atoms. The zero-order chi connectivity index (χ0) is 14.8. The second-order valence-corrected chi connectivity index (χ2v) is 4.91. The van der Waals surface area contributed by atoms with Crippen molar-refractivity contribution in [3.8, 4) is 0 Å². The molecule has 110 valence electrons. The van der Waals surface area contributed by atoms with Gasteiger partial charge in [-0.25, -0.2) is 0 Å². The average Bonchev–Trinajstić information content (AvgIpc) is 2.44. The first-order valence-electron chi connectivity index (χ1n) is 7.08. The molecular formula is C16H24N2O2. The van der Waals surface area contributed by atoms with Gasteiger partial charge in [-0.1, -0.05) is 25.5 Å². The van der Waals surface area contributed by atoms with Gasteiger partial charge in [-0.15, -0.1) is 0 Å². The molecule has 1 rings (SSSR count). The summed E-state index contributed by atoms with van der Waals surface area (Å²) in [5, 5.41) is 11.8. The van der Waals surface area contributed by atoms with E-state index in [2.05, 4.69) is 12.2 Å². The summed E-state index contributed by atoms with van der Waals surface area (Å²) >= 11 is 0. The topological polar surface area (TPSA) is 75.3 Å². The molecule has 1 atom stereocenters. The van der Waals surface area contributed by atoms with Crippen LogP contribution in [0.25, 0.3) is 6.08 Å². The van der Waals surface area contributed by atoms with Crippen LogP contribution < -0.4 is 11.1 Å². The molecule has 1 unspecified atom stereocenters. The summed E-state index contributed by atoms with van der Waals surface area (Å²) in [7, 11) is 0. The van der Waals surface area contributed by atoms with E-state index >= 15 is 0 Å². The number of anilines is 1. The Kier molecular flexibility index (Phi) is 7.43. The van der Waals surface area contributed by atoms with Crippen LogP contribution in [0.3, 0.4) is 0 Å². The van der Waals surface area contributed by atoms with E-state index in [4.69, 9.17) is 10.8 Å². The average molecular weight is 276 g/mol. The van der Waals surface area contributed by atoms with Crippen molar-refractivity contribution < 1.29 is 9.90 Å². The molecular weight excluding hydrogens is 252 g/mol. The highest BCUT2D eigenvalue weighted by Gasteiger charge is 2.07. The van der Waals surface area contributed by atoms with Gasteiger partial charge in [-0.3, -0.25) is 4.79 Å². The van der Waals surface area contributed by atoms with Gasteiger partial charge in [0.05, 0.1) is 0 Å². The molecule has 1 aromatic rings. The first-order valence-corrected chi connectivity index (χ1v) is 7.08. The van der Waals surface area contributed by atoms with Crippen molar-refractivity contribution in [3.63, 3.8) is 0 Å². The zero-order valence-corrected chi connectivity index (χ0v) is 12.0. The molecule has 1 amide bonds. The second kappa shape index (κ2) is 9.15. The van der Waals surface area contributed by atoms with Gasteiger partial charge in [0.2, 0.25) is 5.91 Å². The van der Waals surface area contributed by atoms with Gasteiger partial charge in [0, 0.05) is 24.9 Å². The van der Waals surface area contributed by atoms with Crippen molar-refractivity contribution >= 4 is 17.7 Å². The molecule has 0 radical (unpaired) electrons. The number of carbonyl (C=O) groups excluding carboxylic acids is 1. The van der Waals surface area contributed by atoms with Crippen molar-refractivity contribution in [2.45, 2.75) is 26.2 Å². The van der Waals surface area contributed by atoms with Crippen LogP contribution >= 0.6 is 0 Å². The lowest BCUT2D eigenvalue weighted by atomic mass is 10.0. The van der Waals surface area contributed by atoms with Crippen LogP contribution in [0.4, 0.5) is 5.69 Å². The number of nitrogen functional groups attached to an aromatic ring is 1. The molecule has 0 fully saturated rings. The van der Waals surface area contributed by atoms with E-state index < -0.39 is 0 Å². The number of nitrogens with one attached hydrogen (secondary N) is 1. The summed E-state index contributed by atoms with van der Waals surface area (Å²) in [4.78, 5) is 11.7. The highest BCUT2D eigenvalue weighted by Crippen LogP contribution is 2.09. The molecule has 0 aliphatic carbocycles. The lowest BCUT2D eigenvalue weighted by molar-refractivity contribution is -0.116. The minimum Gasteiger partial charge on any atom is -0.399 e. The summed E-state index contributed by atoms with van der Waals surface area (Å²) in [6.45, 7) is 2.88. The van der Waals surface area contributed by atoms with Crippen LogP contribution in [-0.2, 0) is 4.79 Å².